The number of likely N-dealkylation sites (N-methyl/N-ethyl adjacent to an activating group) is 1. The second-order valence-corrected chi connectivity index (χ2v) is 12.3. The number of benzene rings is 2. The first-order valence-corrected chi connectivity index (χ1v) is 14.8. The van der Waals surface area contributed by atoms with Gasteiger partial charge in [-0.15, -0.1) is 0 Å². The number of fused-ring (bicyclic) bond motifs is 1. The van der Waals surface area contributed by atoms with Gasteiger partial charge in [-0.05, 0) is 55.3 Å². The van der Waals surface area contributed by atoms with Gasteiger partial charge in [0.1, 0.15) is 10.6 Å². The van der Waals surface area contributed by atoms with Crippen LogP contribution in [0.3, 0.4) is 0 Å². The molecule has 0 radical (unpaired) electrons. The Labute approximate surface area is 224 Å². The molecule has 0 aromatic heterocycles. The number of hydrogen-bond donors (Lipinski definition) is 1. The molecule has 10 heteroatoms. The molecule has 2 aromatic rings. The van der Waals surface area contributed by atoms with E-state index in [0.29, 0.717) is 5.56 Å². The summed E-state index contributed by atoms with van der Waals surface area (Å²) in [5, 5.41) is 0. The van der Waals surface area contributed by atoms with E-state index >= 15 is 0 Å². The zero-order valence-electron chi connectivity index (χ0n) is 22.1. The summed E-state index contributed by atoms with van der Waals surface area (Å²) in [5.74, 6) is -0.542. The number of anilines is 1. The third kappa shape index (κ3) is 5.43. The lowest BCUT2D eigenvalue weighted by atomic mass is 9.81. The molecule has 2 atom stereocenters. The van der Waals surface area contributed by atoms with E-state index in [9.17, 15) is 18.0 Å². The Bertz CT molecular complexity index is 1260. The zero-order valence-corrected chi connectivity index (χ0v) is 22.9. The fourth-order valence-electron chi connectivity index (χ4n) is 5.74. The van der Waals surface area contributed by atoms with Gasteiger partial charge in [-0.3, -0.25) is 14.5 Å². The van der Waals surface area contributed by atoms with Crippen LogP contribution in [0.2, 0.25) is 0 Å². The molecule has 1 aliphatic carbocycles. The van der Waals surface area contributed by atoms with E-state index in [-0.39, 0.29) is 47.4 Å². The minimum Gasteiger partial charge on any atom is -0.495 e. The summed E-state index contributed by atoms with van der Waals surface area (Å²) in [6.45, 7) is 4.16. The standard InChI is InChI=1S/C28H36N4O5S/c1-30-13-15-31(16-14-30)22-10-7-20(8-11-22)18-29-38(35,36)26-17-21(9-12-25(26)37-2)19-32-27(33)23-5-3-4-6-24(23)28(32)34/h7-12,17,23-24,29H,3-6,13-16,18-19H2,1-2H3. The predicted molar refractivity (Wildman–Crippen MR) is 144 cm³/mol. The van der Waals surface area contributed by atoms with Crippen LogP contribution in [0.25, 0.3) is 0 Å². The van der Waals surface area contributed by atoms with Crippen molar-refractivity contribution >= 4 is 27.5 Å². The fraction of sp³-hybridized carbons (Fsp3) is 0.500. The quantitative estimate of drug-likeness (QED) is 0.514. The summed E-state index contributed by atoms with van der Waals surface area (Å²) in [6.07, 6.45) is 3.41. The maximum atomic E-state index is 13.3. The number of carbonyl (C=O) groups is 2. The van der Waals surface area contributed by atoms with Crippen molar-refractivity contribution in [3.05, 3.63) is 53.6 Å². The molecule has 2 unspecified atom stereocenters. The number of rotatable bonds is 8. The Morgan fingerprint density at radius 1 is 0.895 bits per heavy atom. The average molecular weight is 541 g/mol. The van der Waals surface area contributed by atoms with Gasteiger partial charge in [-0.25, -0.2) is 13.1 Å². The van der Waals surface area contributed by atoms with Crippen LogP contribution in [0.15, 0.2) is 47.4 Å². The van der Waals surface area contributed by atoms with Crippen molar-refractivity contribution in [2.24, 2.45) is 11.8 Å². The molecule has 9 nitrogen and oxygen atoms in total. The van der Waals surface area contributed by atoms with Gasteiger partial charge in [-0.1, -0.05) is 31.0 Å². The van der Waals surface area contributed by atoms with Crippen molar-refractivity contribution < 1.29 is 22.7 Å². The summed E-state index contributed by atoms with van der Waals surface area (Å²) >= 11 is 0. The van der Waals surface area contributed by atoms with Crippen LogP contribution in [0.1, 0.15) is 36.8 Å². The molecule has 3 fully saturated rings. The molecule has 2 aromatic carbocycles. The van der Waals surface area contributed by atoms with Gasteiger partial charge in [0.05, 0.1) is 25.5 Å². The van der Waals surface area contributed by atoms with E-state index in [0.717, 1.165) is 63.1 Å². The van der Waals surface area contributed by atoms with E-state index in [1.54, 1.807) is 12.1 Å². The Morgan fingerprint density at radius 3 is 2.11 bits per heavy atom. The number of likely N-dealkylation sites (tertiary alicyclic amines) is 1. The van der Waals surface area contributed by atoms with Crippen molar-refractivity contribution in [2.75, 3.05) is 45.2 Å². The van der Waals surface area contributed by atoms with Crippen molar-refractivity contribution in [2.45, 2.75) is 43.7 Å². The van der Waals surface area contributed by atoms with E-state index in [1.807, 2.05) is 24.3 Å². The molecule has 38 heavy (non-hydrogen) atoms. The molecular formula is C28H36N4O5S. The Hall–Kier alpha value is -2.95. The Morgan fingerprint density at radius 2 is 1.50 bits per heavy atom. The summed E-state index contributed by atoms with van der Waals surface area (Å²) in [4.78, 5) is 31.7. The van der Waals surface area contributed by atoms with Crippen molar-refractivity contribution in [3.63, 3.8) is 0 Å². The molecule has 2 saturated heterocycles. The van der Waals surface area contributed by atoms with Gasteiger partial charge in [0.15, 0.2) is 0 Å². The van der Waals surface area contributed by atoms with Crippen LogP contribution in [-0.2, 0) is 32.7 Å². The van der Waals surface area contributed by atoms with Gasteiger partial charge in [0.2, 0.25) is 21.8 Å². The normalized spacial score (nSPS) is 22.6. The van der Waals surface area contributed by atoms with Crippen LogP contribution >= 0.6 is 0 Å². The van der Waals surface area contributed by atoms with Crippen LogP contribution in [-0.4, -0.2) is 70.4 Å². The number of sulfonamides is 1. The minimum absolute atomic E-state index is 0.0110. The summed E-state index contributed by atoms with van der Waals surface area (Å²) in [7, 11) is -0.382. The first-order chi connectivity index (χ1) is 18.3. The Balaban J connectivity index is 1.27. The van der Waals surface area contributed by atoms with Gasteiger partial charge < -0.3 is 14.5 Å². The fourth-order valence-corrected chi connectivity index (χ4v) is 6.98. The van der Waals surface area contributed by atoms with Crippen LogP contribution < -0.4 is 14.4 Å². The van der Waals surface area contributed by atoms with Crippen LogP contribution in [0, 0.1) is 11.8 Å². The molecule has 0 bridgehead atoms. The SMILES string of the molecule is COc1ccc(CN2C(=O)C3CCCCC3C2=O)cc1S(=O)(=O)NCc1ccc(N2CCN(C)CC2)cc1. The third-order valence-electron chi connectivity index (χ3n) is 8.06. The predicted octanol–water partition coefficient (Wildman–Crippen LogP) is 2.60. The lowest BCUT2D eigenvalue weighted by Crippen LogP contribution is -2.44. The van der Waals surface area contributed by atoms with E-state index < -0.39 is 10.0 Å². The molecule has 5 rings (SSSR count). The number of hydrogen-bond acceptors (Lipinski definition) is 7. The average Bonchev–Trinajstić information content (AvgIpc) is 3.17. The zero-order chi connectivity index (χ0) is 26.9. The van der Waals surface area contributed by atoms with E-state index in [1.165, 1.54) is 18.1 Å². The second kappa shape index (κ2) is 11.0. The monoisotopic (exact) mass is 540 g/mol. The number of imide groups is 1. The summed E-state index contributed by atoms with van der Waals surface area (Å²) in [5.41, 5.74) is 2.55. The maximum absolute atomic E-state index is 13.3. The van der Waals surface area contributed by atoms with Gasteiger partial charge >= 0.3 is 0 Å². The van der Waals surface area contributed by atoms with Gasteiger partial charge in [0, 0.05) is 38.4 Å². The molecule has 2 amide bonds. The molecule has 2 aliphatic heterocycles. The van der Waals surface area contributed by atoms with Crippen molar-refractivity contribution in [3.8, 4) is 5.75 Å². The molecule has 1 saturated carbocycles. The third-order valence-corrected chi connectivity index (χ3v) is 9.48. The molecule has 2 heterocycles. The van der Waals surface area contributed by atoms with Gasteiger partial charge in [0.25, 0.3) is 0 Å². The number of amides is 2. The lowest BCUT2D eigenvalue weighted by molar-refractivity contribution is -0.140. The number of carbonyl (C=O) groups excluding carboxylic acids is 2. The first kappa shape index (κ1) is 26.6. The van der Waals surface area contributed by atoms with Crippen LogP contribution in [0.5, 0.6) is 5.75 Å². The second-order valence-electron chi connectivity index (χ2n) is 10.5. The topological polar surface area (TPSA) is 99.3 Å². The van der Waals surface area contributed by atoms with Crippen LogP contribution in [0.4, 0.5) is 5.69 Å². The molecule has 3 aliphatic rings. The van der Waals surface area contributed by atoms with Gasteiger partial charge in [-0.2, -0.15) is 0 Å². The largest absolute Gasteiger partial charge is 0.495 e. The maximum Gasteiger partial charge on any atom is 0.244 e. The summed E-state index contributed by atoms with van der Waals surface area (Å²) in [6, 6.07) is 12.7. The van der Waals surface area contributed by atoms with E-state index in [2.05, 4.69) is 21.6 Å². The number of ether oxygens (including phenoxy) is 1. The summed E-state index contributed by atoms with van der Waals surface area (Å²) < 4.78 is 34.6. The lowest BCUT2D eigenvalue weighted by Gasteiger charge is -2.34. The molecule has 204 valence electrons. The molecule has 0 spiro atoms. The number of nitrogens with zero attached hydrogens (tertiary/aromatic N) is 3. The van der Waals surface area contributed by atoms with E-state index in [4.69, 9.17) is 4.74 Å². The number of methoxy groups -OCH3 is 1. The first-order valence-electron chi connectivity index (χ1n) is 13.3. The minimum atomic E-state index is -3.92. The van der Waals surface area contributed by atoms with Crippen molar-refractivity contribution in [1.82, 2.24) is 14.5 Å². The number of piperazine rings is 1. The molecular weight excluding hydrogens is 504 g/mol. The molecule has 1 N–H and O–H groups in total. The highest BCUT2D eigenvalue weighted by Gasteiger charge is 2.47. The van der Waals surface area contributed by atoms with Crippen molar-refractivity contribution in [1.29, 1.82) is 0 Å². The highest BCUT2D eigenvalue weighted by atomic mass is 32.2. The highest BCUT2D eigenvalue weighted by Crippen LogP contribution is 2.39. The number of nitrogens with one attached hydrogen (secondary N) is 1. The smallest absolute Gasteiger partial charge is 0.244 e. The highest BCUT2D eigenvalue weighted by molar-refractivity contribution is 7.89. The Kier molecular flexibility index (Phi) is 7.74.